The van der Waals surface area contributed by atoms with Crippen LogP contribution < -0.4 is 4.72 Å². The first-order valence-corrected chi connectivity index (χ1v) is 7.76. The summed E-state index contributed by atoms with van der Waals surface area (Å²) >= 11 is 3.34. The zero-order chi connectivity index (χ0) is 14.0. The number of methoxy groups -OCH3 is 1. The maximum atomic E-state index is 12.1. The van der Waals surface area contributed by atoms with E-state index in [9.17, 15) is 8.42 Å². The number of ether oxygens (including phenoxy) is 1. The Hall–Kier alpha value is -0.430. The minimum Gasteiger partial charge on any atom is -0.377 e. The van der Waals surface area contributed by atoms with Crippen LogP contribution in [0.3, 0.4) is 0 Å². The van der Waals surface area contributed by atoms with E-state index in [0.717, 1.165) is 10.0 Å². The van der Waals surface area contributed by atoms with Crippen molar-refractivity contribution in [1.82, 2.24) is 4.72 Å². The molecule has 0 spiro atoms. The standard InChI is InChI=1S/C12H18BrNO3S/c1-9-7-10(5-6-11(9)13)18(15,16)14-8-12(2,3)17-4/h5-7,14H,8H2,1-4H3. The van der Waals surface area contributed by atoms with Crippen LogP contribution in [-0.4, -0.2) is 27.7 Å². The highest BCUT2D eigenvalue weighted by molar-refractivity contribution is 9.10. The molecule has 0 heterocycles. The van der Waals surface area contributed by atoms with Crippen molar-refractivity contribution in [1.29, 1.82) is 0 Å². The minimum absolute atomic E-state index is 0.223. The van der Waals surface area contributed by atoms with Gasteiger partial charge in [0.05, 0.1) is 10.5 Å². The molecule has 0 unspecified atom stereocenters. The maximum absolute atomic E-state index is 12.1. The van der Waals surface area contributed by atoms with E-state index < -0.39 is 15.6 Å². The van der Waals surface area contributed by atoms with Gasteiger partial charge in [-0.3, -0.25) is 0 Å². The topological polar surface area (TPSA) is 55.4 Å². The number of sulfonamides is 1. The molecule has 1 rings (SSSR count). The highest BCUT2D eigenvalue weighted by Gasteiger charge is 2.21. The predicted molar refractivity (Wildman–Crippen MR) is 75.2 cm³/mol. The lowest BCUT2D eigenvalue weighted by Gasteiger charge is -2.23. The van der Waals surface area contributed by atoms with Crippen molar-refractivity contribution in [3.05, 3.63) is 28.2 Å². The first kappa shape index (κ1) is 15.6. The van der Waals surface area contributed by atoms with Crippen molar-refractivity contribution in [2.45, 2.75) is 31.3 Å². The first-order chi connectivity index (χ1) is 8.18. The lowest BCUT2D eigenvalue weighted by molar-refractivity contribution is 0.0276. The molecule has 1 aromatic rings. The van der Waals surface area contributed by atoms with E-state index in [1.54, 1.807) is 25.3 Å². The summed E-state index contributed by atoms with van der Waals surface area (Å²) in [5.41, 5.74) is 0.348. The smallest absolute Gasteiger partial charge is 0.240 e. The SMILES string of the molecule is COC(C)(C)CNS(=O)(=O)c1ccc(Br)c(C)c1. The molecule has 0 bridgehead atoms. The molecule has 0 saturated carbocycles. The fourth-order valence-corrected chi connectivity index (χ4v) is 2.74. The monoisotopic (exact) mass is 335 g/mol. The van der Waals surface area contributed by atoms with E-state index in [2.05, 4.69) is 20.7 Å². The lowest BCUT2D eigenvalue weighted by Crippen LogP contribution is -2.39. The van der Waals surface area contributed by atoms with Crippen LogP contribution in [0.2, 0.25) is 0 Å². The normalized spacial score (nSPS) is 12.7. The molecule has 0 amide bonds. The molecule has 0 saturated heterocycles. The number of hydrogen-bond acceptors (Lipinski definition) is 3. The Kier molecular flexibility index (Phi) is 4.94. The quantitative estimate of drug-likeness (QED) is 0.899. The summed E-state index contributed by atoms with van der Waals surface area (Å²) in [4.78, 5) is 0.259. The molecular weight excluding hydrogens is 318 g/mol. The van der Waals surface area contributed by atoms with Gasteiger partial charge in [0, 0.05) is 18.1 Å². The van der Waals surface area contributed by atoms with Crippen LogP contribution in [0.25, 0.3) is 0 Å². The van der Waals surface area contributed by atoms with Gasteiger partial charge in [0.15, 0.2) is 0 Å². The molecule has 1 N–H and O–H groups in total. The summed E-state index contributed by atoms with van der Waals surface area (Å²) in [5.74, 6) is 0. The van der Waals surface area contributed by atoms with Crippen molar-refractivity contribution < 1.29 is 13.2 Å². The van der Waals surface area contributed by atoms with Gasteiger partial charge >= 0.3 is 0 Å². The number of aryl methyl sites for hydroxylation is 1. The molecule has 102 valence electrons. The summed E-state index contributed by atoms with van der Waals surface area (Å²) in [6.45, 7) is 5.72. The van der Waals surface area contributed by atoms with Crippen molar-refractivity contribution in [2.75, 3.05) is 13.7 Å². The molecule has 6 heteroatoms. The number of halogens is 1. The predicted octanol–water partition coefficient (Wildman–Crippen LogP) is 2.46. The Labute approximate surface area is 117 Å². The van der Waals surface area contributed by atoms with Crippen LogP contribution in [0.15, 0.2) is 27.6 Å². The van der Waals surface area contributed by atoms with Crippen molar-refractivity contribution >= 4 is 26.0 Å². The number of rotatable bonds is 5. The van der Waals surface area contributed by atoms with E-state index in [1.807, 2.05) is 20.8 Å². The second-order valence-corrected chi connectivity index (χ2v) is 7.32. The molecule has 0 fully saturated rings. The molecule has 0 aliphatic rings. The van der Waals surface area contributed by atoms with Gasteiger partial charge in [-0.15, -0.1) is 0 Å². The molecule has 18 heavy (non-hydrogen) atoms. The average Bonchev–Trinajstić information content (AvgIpc) is 2.30. The zero-order valence-electron chi connectivity index (χ0n) is 11.0. The van der Waals surface area contributed by atoms with Gasteiger partial charge in [-0.25, -0.2) is 13.1 Å². The average molecular weight is 336 g/mol. The fraction of sp³-hybridized carbons (Fsp3) is 0.500. The molecule has 0 aliphatic carbocycles. The minimum atomic E-state index is -3.49. The third-order valence-electron chi connectivity index (χ3n) is 2.68. The van der Waals surface area contributed by atoms with Crippen LogP contribution in [0.1, 0.15) is 19.4 Å². The third kappa shape index (κ3) is 4.05. The molecule has 0 aliphatic heterocycles. The van der Waals surface area contributed by atoms with Crippen molar-refractivity contribution in [3.8, 4) is 0 Å². The molecule has 0 atom stereocenters. The molecule has 0 aromatic heterocycles. The van der Waals surface area contributed by atoms with Crippen molar-refractivity contribution in [2.24, 2.45) is 0 Å². The molecule has 0 radical (unpaired) electrons. The molecule has 4 nitrogen and oxygen atoms in total. The fourth-order valence-electron chi connectivity index (χ4n) is 1.21. The van der Waals surface area contributed by atoms with Gasteiger partial charge in [-0.05, 0) is 44.5 Å². The van der Waals surface area contributed by atoms with Crippen LogP contribution in [0.4, 0.5) is 0 Å². The summed E-state index contributed by atoms with van der Waals surface area (Å²) in [7, 11) is -1.94. The Morgan fingerprint density at radius 2 is 2.00 bits per heavy atom. The highest BCUT2D eigenvalue weighted by atomic mass is 79.9. The van der Waals surface area contributed by atoms with E-state index in [0.29, 0.717) is 0 Å². The van der Waals surface area contributed by atoms with E-state index in [1.165, 1.54) is 0 Å². The van der Waals surface area contributed by atoms with Crippen LogP contribution in [-0.2, 0) is 14.8 Å². The van der Waals surface area contributed by atoms with E-state index in [-0.39, 0.29) is 11.4 Å². The summed E-state index contributed by atoms with van der Waals surface area (Å²) in [6, 6.07) is 4.93. The number of nitrogens with one attached hydrogen (secondary N) is 1. The van der Waals surface area contributed by atoms with Gasteiger partial charge in [-0.2, -0.15) is 0 Å². The lowest BCUT2D eigenvalue weighted by atomic mass is 10.1. The van der Waals surface area contributed by atoms with Gasteiger partial charge in [-0.1, -0.05) is 15.9 Å². The largest absolute Gasteiger partial charge is 0.377 e. The summed E-state index contributed by atoms with van der Waals surface area (Å²) < 4.78 is 32.8. The second-order valence-electron chi connectivity index (χ2n) is 4.70. The Bertz CT molecular complexity index is 526. The Morgan fingerprint density at radius 3 is 2.50 bits per heavy atom. The van der Waals surface area contributed by atoms with Gasteiger partial charge in [0.2, 0.25) is 10.0 Å². The molecular formula is C12H18BrNO3S. The van der Waals surface area contributed by atoms with Crippen molar-refractivity contribution in [3.63, 3.8) is 0 Å². The number of benzene rings is 1. The number of hydrogen-bond donors (Lipinski definition) is 1. The van der Waals surface area contributed by atoms with Gasteiger partial charge in [0.25, 0.3) is 0 Å². The molecule has 1 aromatic carbocycles. The van der Waals surface area contributed by atoms with Gasteiger partial charge < -0.3 is 4.74 Å². The van der Waals surface area contributed by atoms with Gasteiger partial charge in [0.1, 0.15) is 0 Å². The maximum Gasteiger partial charge on any atom is 0.240 e. The Morgan fingerprint density at radius 1 is 1.39 bits per heavy atom. The third-order valence-corrected chi connectivity index (χ3v) is 4.97. The Balaban J connectivity index is 2.90. The van der Waals surface area contributed by atoms with E-state index >= 15 is 0 Å². The van der Waals surface area contributed by atoms with E-state index in [4.69, 9.17) is 4.74 Å². The zero-order valence-corrected chi connectivity index (χ0v) is 13.4. The summed E-state index contributed by atoms with van der Waals surface area (Å²) in [5, 5.41) is 0. The second kappa shape index (κ2) is 5.69. The first-order valence-electron chi connectivity index (χ1n) is 5.49. The highest BCUT2D eigenvalue weighted by Crippen LogP contribution is 2.20. The van der Waals surface area contributed by atoms with Crippen LogP contribution in [0.5, 0.6) is 0 Å². The summed E-state index contributed by atoms with van der Waals surface area (Å²) in [6.07, 6.45) is 0. The van der Waals surface area contributed by atoms with Crippen LogP contribution in [0, 0.1) is 6.92 Å². The van der Waals surface area contributed by atoms with Crippen LogP contribution >= 0.6 is 15.9 Å².